The molecule has 0 spiro atoms. The van der Waals surface area contributed by atoms with Gasteiger partial charge in [-0.05, 0) is 24.4 Å². The molecule has 2 aromatic rings. The van der Waals surface area contributed by atoms with Crippen molar-refractivity contribution in [2.45, 2.75) is 60.9 Å². The molecule has 1 aliphatic carbocycles. The lowest BCUT2D eigenvalue weighted by Crippen LogP contribution is -2.17. The quantitative estimate of drug-likeness (QED) is 0.656. The molecule has 3 heterocycles. The predicted molar refractivity (Wildman–Crippen MR) is 89.0 cm³/mol. The third-order valence-electron chi connectivity index (χ3n) is 4.55. The Morgan fingerprint density at radius 2 is 2.17 bits per heavy atom. The number of aromatic nitrogens is 4. The van der Waals surface area contributed by atoms with E-state index in [0.717, 1.165) is 17.9 Å². The number of aliphatic hydroxyl groups is 1. The summed E-state index contributed by atoms with van der Waals surface area (Å²) in [5.74, 6) is 0. The first-order valence-electron chi connectivity index (χ1n) is 8.13. The normalized spacial score (nSPS) is 28.2. The minimum Gasteiger partial charge on any atom is -0.394 e. The number of thioether (sulfide) groups is 1. The summed E-state index contributed by atoms with van der Waals surface area (Å²) in [6.07, 6.45) is 3.88. The number of imidazole rings is 1. The molecule has 3 unspecified atom stereocenters. The van der Waals surface area contributed by atoms with Gasteiger partial charge in [-0.2, -0.15) is 4.98 Å². The molecule has 9 heteroatoms. The summed E-state index contributed by atoms with van der Waals surface area (Å²) in [6, 6.07) is 0. The number of nitrogens with zero attached hydrogens (tertiary/aromatic N) is 4. The second-order valence-corrected chi connectivity index (χ2v) is 7.86. The number of ether oxygens (including phenoxy) is 1. The summed E-state index contributed by atoms with van der Waals surface area (Å²) >= 11 is 7.76. The fourth-order valence-corrected chi connectivity index (χ4v) is 4.85. The zero-order valence-corrected chi connectivity index (χ0v) is 14.5. The Bertz CT molecular complexity index is 740. The predicted octanol–water partition coefficient (Wildman–Crippen LogP) is 3.13. The standard InChI is InChI=1S/C15H18ClFN4O2S/c16-15-19-12-11(13(20-15)24-9-3-1-2-4-9)18-7-21(12)14-10(17)5-8(6-22)23-14/h7-10,14,22H,1-6H2. The smallest absolute Gasteiger partial charge is 0.225 e. The fourth-order valence-electron chi connectivity index (χ4n) is 3.36. The van der Waals surface area contributed by atoms with E-state index in [2.05, 4.69) is 15.0 Å². The molecule has 24 heavy (non-hydrogen) atoms. The Kier molecular flexibility index (Phi) is 4.64. The first-order chi connectivity index (χ1) is 11.7. The van der Waals surface area contributed by atoms with Crippen molar-refractivity contribution in [2.24, 2.45) is 0 Å². The van der Waals surface area contributed by atoms with Crippen LogP contribution in [0.4, 0.5) is 4.39 Å². The van der Waals surface area contributed by atoms with E-state index in [9.17, 15) is 9.50 Å². The molecule has 6 nitrogen and oxygen atoms in total. The summed E-state index contributed by atoms with van der Waals surface area (Å²) in [7, 11) is 0. The molecular weight excluding hydrogens is 355 g/mol. The Morgan fingerprint density at radius 1 is 1.38 bits per heavy atom. The van der Waals surface area contributed by atoms with Crippen LogP contribution in [0.1, 0.15) is 38.3 Å². The molecule has 1 N–H and O–H groups in total. The first kappa shape index (κ1) is 16.5. The molecule has 2 aromatic heterocycles. The van der Waals surface area contributed by atoms with Gasteiger partial charge in [-0.1, -0.05) is 12.8 Å². The number of aliphatic hydroxyl groups excluding tert-OH is 1. The van der Waals surface area contributed by atoms with Crippen LogP contribution in [0.25, 0.3) is 11.2 Å². The van der Waals surface area contributed by atoms with Gasteiger partial charge < -0.3 is 9.84 Å². The second kappa shape index (κ2) is 6.74. The number of fused-ring (bicyclic) bond motifs is 1. The van der Waals surface area contributed by atoms with E-state index in [4.69, 9.17) is 16.3 Å². The van der Waals surface area contributed by atoms with Crippen LogP contribution in [-0.4, -0.2) is 48.8 Å². The van der Waals surface area contributed by atoms with Gasteiger partial charge in [-0.15, -0.1) is 11.8 Å². The van der Waals surface area contributed by atoms with Crippen LogP contribution >= 0.6 is 23.4 Å². The Hall–Kier alpha value is -0.960. The van der Waals surface area contributed by atoms with Crippen molar-refractivity contribution in [3.05, 3.63) is 11.6 Å². The largest absolute Gasteiger partial charge is 0.394 e. The van der Waals surface area contributed by atoms with Crippen LogP contribution in [0.5, 0.6) is 0 Å². The van der Waals surface area contributed by atoms with Crippen molar-refractivity contribution >= 4 is 34.5 Å². The molecular formula is C15H18ClFN4O2S. The zero-order valence-electron chi connectivity index (χ0n) is 12.9. The summed E-state index contributed by atoms with van der Waals surface area (Å²) in [5.41, 5.74) is 1.10. The maximum absolute atomic E-state index is 14.3. The van der Waals surface area contributed by atoms with E-state index in [-0.39, 0.29) is 18.3 Å². The van der Waals surface area contributed by atoms with Crippen molar-refractivity contribution in [2.75, 3.05) is 6.61 Å². The van der Waals surface area contributed by atoms with Gasteiger partial charge in [0.2, 0.25) is 5.28 Å². The summed E-state index contributed by atoms with van der Waals surface area (Å²) in [5, 5.41) is 10.6. The highest BCUT2D eigenvalue weighted by Crippen LogP contribution is 2.38. The molecule has 0 amide bonds. The van der Waals surface area contributed by atoms with Crippen LogP contribution in [0.15, 0.2) is 11.4 Å². The molecule has 0 aromatic carbocycles. The lowest BCUT2D eigenvalue weighted by Gasteiger charge is -2.15. The van der Waals surface area contributed by atoms with Gasteiger partial charge in [-0.25, -0.2) is 14.4 Å². The molecule has 1 aliphatic heterocycles. The number of hydrogen-bond donors (Lipinski definition) is 1. The fraction of sp³-hybridized carbons (Fsp3) is 0.667. The van der Waals surface area contributed by atoms with Crippen molar-refractivity contribution in [3.63, 3.8) is 0 Å². The lowest BCUT2D eigenvalue weighted by atomic mass is 10.2. The first-order valence-corrected chi connectivity index (χ1v) is 9.38. The van der Waals surface area contributed by atoms with Gasteiger partial charge in [0.05, 0.1) is 19.0 Å². The minimum absolute atomic E-state index is 0.122. The molecule has 2 aliphatic rings. The Balaban J connectivity index is 1.69. The van der Waals surface area contributed by atoms with Crippen molar-refractivity contribution in [1.82, 2.24) is 19.5 Å². The summed E-state index contributed by atoms with van der Waals surface area (Å²) < 4.78 is 21.4. The highest BCUT2D eigenvalue weighted by molar-refractivity contribution is 8.00. The lowest BCUT2D eigenvalue weighted by molar-refractivity contribution is -0.0351. The molecule has 1 saturated carbocycles. The van der Waals surface area contributed by atoms with E-state index < -0.39 is 18.5 Å². The van der Waals surface area contributed by atoms with E-state index >= 15 is 0 Å². The summed E-state index contributed by atoms with van der Waals surface area (Å²) in [4.78, 5) is 12.9. The van der Waals surface area contributed by atoms with Crippen LogP contribution in [0, 0.1) is 0 Å². The van der Waals surface area contributed by atoms with Crippen LogP contribution < -0.4 is 0 Å². The Labute approximate surface area is 147 Å². The van der Waals surface area contributed by atoms with Crippen molar-refractivity contribution in [1.29, 1.82) is 0 Å². The van der Waals surface area contributed by atoms with E-state index in [0.29, 0.717) is 16.4 Å². The van der Waals surface area contributed by atoms with E-state index in [1.54, 1.807) is 16.3 Å². The molecule has 2 fully saturated rings. The summed E-state index contributed by atoms with van der Waals surface area (Å²) in [6.45, 7) is -0.206. The highest BCUT2D eigenvalue weighted by Gasteiger charge is 2.37. The van der Waals surface area contributed by atoms with Crippen LogP contribution in [0.2, 0.25) is 5.28 Å². The van der Waals surface area contributed by atoms with E-state index in [1.807, 2.05) is 0 Å². The van der Waals surface area contributed by atoms with Crippen LogP contribution in [0.3, 0.4) is 0 Å². The van der Waals surface area contributed by atoms with Gasteiger partial charge in [0, 0.05) is 11.7 Å². The molecule has 3 atom stereocenters. The number of rotatable bonds is 4. The van der Waals surface area contributed by atoms with Gasteiger partial charge in [0.1, 0.15) is 16.7 Å². The van der Waals surface area contributed by atoms with Gasteiger partial charge in [-0.3, -0.25) is 4.57 Å². The maximum Gasteiger partial charge on any atom is 0.225 e. The average molecular weight is 373 g/mol. The van der Waals surface area contributed by atoms with Crippen molar-refractivity contribution in [3.8, 4) is 0 Å². The highest BCUT2D eigenvalue weighted by atomic mass is 35.5. The minimum atomic E-state index is -1.22. The maximum atomic E-state index is 14.3. The van der Waals surface area contributed by atoms with E-state index in [1.165, 1.54) is 19.2 Å². The zero-order chi connectivity index (χ0) is 16.7. The van der Waals surface area contributed by atoms with Gasteiger partial charge >= 0.3 is 0 Å². The SMILES string of the molecule is OCC1CC(F)C(n2cnc3c(SC4CCCC4)nc(Cl)nc32)O1. The number of alkyl halides is 1. The number of halogens is 2. The third-order valence-corrected chi connectivity index (χ3v) is 6.03. The number of hydrogen-bond acceptors (Lipinski definition) is 6. The topological polar surface area (TPSA) is 73.1 Å². The molecule has 0 bridgehead atoms. The van der Waals surface area contributed by atoms with Crippen LogP contribution in [-0.2, 0) is 4.74 Å². The molecule has 1 saturated heterocycles. The second-order valence-electron chi connectivity index (χ2n) is 6.23. The average Bonchev–Trinajstić information content (AvgIpc) is 3.27. The van der Waals surface area contributed by atoms with Gasteiger partial charge in [0.15, 0.2) is 11.9 Å². The molecule has 130 valence electrons. The van der Waals surface area contributed by atoms with Gasteiger partial charge in [0.25, 0.3) is 0 Å². The monoisotopic (exact) mass is 372 g/mol. The Morgan fingerprint density at radius 3 is 2.88 bits per heavy atom. The molecule has 4 rings (SSSR count). The molecule has 0 radical (unpaired) electrons. The third kappa shape index (κ3) is 3.00. The van der Waals surface area contributed by atoms with Crippen molar-refractivity contribution < 1.29 is 14.2 Å².